The van der Waals surface area contributed by atoms with Crippen LogP contribution in [0.25, 0.3) is 0 Å². The Hall–Kier alpha value is -4.25. The minimum atomic E-state index is -1.27. The number of nitrogens with zero attached hydrogens (tertiary/aromatic N) is 1. The molecule has 1 aliphatic heterocycles. The minimum Gasteiger partial charge on any atom is -0.445 e. The van der Waals surface area contributed by atoms with Gasteiger partial charge in [-0.1, -0.05) is 60.7 Å². The fourth-order valence-electron chi connectivity index (χ4n) is 5.86. The second kappa shape index (κ2) is 14.5. The number of hydrogen-bond acceptors (Lipinski definition) is 8. The highest BCUT2D eigenvalue weighted by Gasteiger charge is 2.55. The fraction of sp³-hybridized carbons (Fsp3) is 0.485. The molecule has 0 radical (unpaired) electrons. The van der Waals surface area contributed by atoms with Crippen molar-refractivity contribution in [2.24, 2.45) is 11.8 Å². The topological polar surface area (TPSA) is 143 Å². The number of carbonyl (C=O) groups is 5. The van der Waals surface area contributed by atoms with E-state index in [1.165, 1.54) is 0 Å². The maximum atomic E-state index is 13.5. The van der Waals surface area contributed by atoms with Crippen molar-refractivity contribution < 1.29 is 33.4 Å². The molecule has 2 fully saturated rings. The summed E-state index contributed by atoms with van der Waals surface area (Å²) in [6.07, 6.45) is -1.27. The van der Waals surface area contributed by atoms with Crippen LogP contribution in [0.2, 0.25) is 0 Å². The van der Waals surface area contributed by atoms with Crippen LogP contribution in [0.15, 0.2) is 60.7 Å². The molecule has 2 aromatic rings. The van der Waals surface area contributed by atoms with Crippen molar-refractivity contribution in [3.05, 3.63) is 71.8 Å². The van der Waals surface area contributed by atoms with E-state index in [4.69, 9.17) is 9.47 Å². The Kier molecular flexibility index (Phi) is 10.7. The van der Waals surface area contributed by atoms with E-state index in [0.29, 0.717) is 13.0 Å². The minimum absolute atomic E-state index is 0.0188. The molecule has 2 aromatic carbocycles. The summed E-state index contributed by atoms with van der Waals surface area (Å²) >= 11 is 0. The van der Waals surface area contributed by atoms with Crippen molar-refractivity contribution in [2.75, 3.05) is 19.6 Å². The molecule has 3 N–H and O–H groups in total. The second-order valence-electron chi connectivity index (χ2n) is 12.3. The summed E-state index contributed by atoms with van der Waals surface area (Å²) in [5.74, 6) is -2.13. The monoisotopic (exact) mass is 606 g/mol. The molecule has 0 aromatic heterocycles. The van der Waals surface area contributed by atoms with Gasteiger partial charge in [0.2, 0.25) is 5.91 Å². The number of hydrogen-bond donors (Lipinski definition) is 3. The zero-order valence-corrected chi connectivity index (χ0v) is 25.7. The number of Topliss-reactive ketones (excluding diaryl/α,β-unsaturated/α-hetero) is 2. The molecule has 2 aliphatic rings. The largest absolute Gasteiger partial charge is 0.445 e. The summed E-state index contributed by atoms with van der Waals surface area (Å²) in [7, 11) is 0. The van der Waals surface area contributed by atoms with Crippen molar-refractivity contribution in [1.29, 1.82) is 0 Å². The Morgan fingerprint density at radius 1 is 0.932 bits per heavy atom. The number of likely N-dealkylation sites (tertiary alicyclic amines) is 1. The van der Waals surface area contributed by atoms with Gasteiger partial charge in [0, 0.05) is 32.1 Å². The Bertz CT molecular complexity index is 1330. The molecule has 11 heteroatoms. The number of benzene rings is 2. The molecule has 1 unspecified atom stereocenters. The van der Waals surface area contributed by atoms with Gasteiger partial charge >= 0.3 is 12.2 Å². The van der Waals surface area contributed by atoms with Crippen LogP contribution in [0.4, 0.5) is 9.59 Å². The third-order valence-electron chi connectivity index (χ3n) is 7.92. The lowest BCUT2D eigenvalue weighted by Crippen LogP contribution is -2.51. The van der Waals surface area contributed by atoms with Crippen LogP contribution < -0.4 is 16.0 Å². The highest BCUT2D eigenvalue weighted by atomic mass is 16.6. The molecule has 0 spiro atoms. The summed E-state index contributed by atoms with van der Waals surface area (Å²) in [5, 5.41) is 7.68. The van der Waals surface area contributed by atoms with E-state index in [9.17, 15) is 24.0 Å². The van der Waals surface area contributed by atoms with Gasteiger partial charge in [0.15, 0.2) is 5.78 Å². The van der Waals surface area contributed by atoms with Gasteiger partial charge in [-0.2, -0.15) is 0 Å². The summed E-state index contributed by atoms with van der Waals surface area (Å²) in [5.41, 5.74) is 1.19. The molecule has 1 aliphatic carbocycles. The van der Waals surface area contributed by atoms with Crippen LogP contribution in [0.3, 0.4) is 0 Å². The lowest BCUT2D eigenvalue weighted by atomic mass is 9.86. The van der Waals surface area contributed by atoms with Crippen LogP contribution in [-0.4, -0.2) is 71.9 Å². The smallest absolute Gasteiger partial charge is 0.408 e. The van der Waals surface area contributed by atoms with Crippen molar-refractivity contribution in [3.8, 4) is 0 Å². The molecule has 1 saturated carbocycles. The number of ketones is 2. The third kappa shape index (κ3) is 8.66. The summed E-state index contributed by atoms with van der Waals surface area (Å²) < 4.78 is 10.5. The first-order valence-electron chi connectivity index (χ1n) is 15.0. The predicted molar refractivity (Wildman–Crippen MR) is 162 cm³/mol. The average Bonchev–Trinajstić information content (AvgIpc) is 3.56. The predicted octanol–water partition coefficient (Wildman–Crippen LogP) is 3.53. The maximum absolute atomic E-state index is 13.5. The highest BCUT2D eigenvalue weighted by molar-refractivity contribution is 6.08. The number of alkyl carbamates (subject to hydrolysis) is 2. The lowest BCUT2D eigenvalue weighted by Gasteiger charge is -2.35. The van der Waals surface area contributed by atoms with Crippen LogP contribution in [0.5, 0.6) is 0 Å². The van der Waals surface area contributed by atoms with E-state index in [1.54, 1.807) is 32.9 Å². The van der Waals surface area contributed by atoms with Crippen LogP contribution in [0.1, 0.15) is 57.7 Å². The number of rotatable bonds is 12. The quantitative estimate of drug-likeness (QED) is 0.246. The Morgan fingerprint density at radius 3 is 2.20 bits per heavy atom. The highest BCUT2D eigenvalue weighted by Crippen LogP contribution is 2.44. The first-order valence-corrected chi connectivity index (χ1v) is 15.0. The summed E-state index contributed by atoms with van der Waals surface area (Å²) in [6.45, 7) is 7.95. The van der Waals surface area contributed by atoms with Gasteiger partial charge in [-0.3, -0.25) is 19.3 Å². The van der Waals surface area contributed by atoms with E-state index in [1.807, 2.05) is 48.5 Å². The van der Waals surface area contributed by atoms with Crippen molar-refractivity contribution in [3.63, 3.8) is 0 Å². The van der Waals surface area contributed by atoms with Gasteiger partial charge in [0.1, 0.15) is 24.0 Å². The second-order valence-corrected chi connectivity index (χ2v) is 12.3. The number of amides is 3. The fourth-order valence-corrected chi connectivity index (χ4v) is 5.86. The molecule has 236 valence electrons. The molecule has 2 bridgehead atoms. The van der Waals surface area contributed by atoms with E-state index in [2.05, 4.69) is 27.8 Å². The van der Waals surface area contributed by atoms with E-state index in [0.717, 1.165) is 11.1 Å². The van der Waals surface area contributed by atoms with Crippen molar-refractivity contribution in [1.82, 2.24) is 20.9 Å². The maximum Gasteiger partial charge on any atom is 0.408 e. The van der Waals surface area contributed by atoms with E-state index < -0.39 is 35.7 Å². The molecular formula is C33H42N4O7. The molecular weight excluding hydrogens is 564 g/mol. The van der Waals surface area contributed by atoms with Crippen LogP contribution in [0, 0.1) is 11.8 Å². The van der Waals surface area contributed by atoms with Crippen LogP contribution >= 0.6 is 0 Å². The molecule has 44 heavy (non-hydrogen) atoms. The zero-order valence-electron chi connectivity index (χ0n) is 25.7. The van der Waals surface area contributed by atoms with Gasteiger partial charge in [0.25, 0.3) is 0 Å². The number of fused-ring (bicyclic) bond motifs is 2. The first-order chi connectivity index (χ1) is 20.9. The molecule has 3 amide bonds. The van der Waals surface area contributed by atoms with Gasteiger partial charge in [-0.15, -0.1) is 0 Å². The first kappa shape index (κ1) is 32.7. The van der Waals surface area contributed by atoms with E-state index in [-0.39, 0.29) is 55.7 Å². The zero-order chi connectivity index (χ0) is 31.9. The number of nitrogens with one attached hydrogen (secondary N) is 3. The standard InChI is InChI=1S/C33H42N4O7/c1-21(23-13-9-6-10-14-23)37-19-24-17-26(37)29(39)28(24)27(38)18-25(36-32(42)43-20-22-11-7-5-8-12-22)30(40)34-15-16-35-31(41)44-33(2,3)4/h5-14,21,24-26,28H,15-20H2,1-4H3,(H,34,40)(H,35,41)(H,36,42)/t21-,24+,25-,26+,28?/m0/s1. The molecule has 1 saturated heterocycles. The van der Waals surface area contributed by atoms with Gasteiger partial charge < -0.3 is 25.4 Å². The van der Waals surface area contributed by atoms with Crippen molar-refractivity contribution in [2.45, 2.75) is 70.9 Å². The Morgan fingerprint density at radius 2 is 1.57 bits per heavy atom. The molecule has 5 atom stereocenters. The number of carbonyl (C=O) groups excluding carboxylic acids is 5. The SMILES string of the molecule is C[C@@H](c1ccccc1)N1C[C@H]2C[C@@H]1C(=O)C2C(=O)C[C@H](NC(=O)OCc1ccccc1)C(=O)NCCNC(=O)OC(C)(C)C. The van der Waals surface area contributed by atoms with Gasteiger partial charge in [-0.05, 0) is 51.2 Å². The molecule has 11 nitrogen and oxygen atoms in total. The lowest BCUT2D eigenvalue weighted by molar-refractivity contribution is -0.138. The molecule has 1 heterocycles. The third-order valence-corrected chi connectivity index (χ3v) is 7.92. The number of ether oxygens (including phenoxy) is 2. The van der Waals surface area contributed by atoms with Gasteiger partial charge in [0.05, 0.1) is 12.0 Å². The Balaban J connectivity index is 1.36. The van der Waals surface area contributed by atoms with Gasteiger partial charge in [-0.25, -0.2) is 9.59 Å². The van der Waals surface area contributed by atoms with Crippen molar-refractivity contribution >= 4 is 29.7 Å². The summed E-state index contributed by atoms with van der Waals surface area (Å²) in [4.78, 5) is 66.8. The number of piperidine rings is 1. The summed E-state index contributed by atoms with van der Waals surface area (Å²) in [6, 6.07) is 17.4. The normalized spacial score (nSPS) is 20.8. The molecule has 4 rings (SSSR count). The average molecular weight is 607 g/mol. The van der Waals surface area contributed by atoms with E-state index >= 15 is 0 Å². The Labute approximate surface area is 258 Å². The van der Waals surface area contributed by atoms with Crippen LogP contribution in [-0.2, 0) is 30.5 Å².